The number of ether oxygens (including phenoxy) is 1. The molecule has 6 nitrogen and oxygen atoms in total. The third-order valence-corrected chi connectivity index (χ3v) is 4.70. The lowest BCUT2D eigenvalue weighted by Crippen LogP contribution is -2.04. The number of nitriles is 1. The Balaban J connectivity index is 1.44. The molecule has 0 unspecified atom stereocenters. The minimum Gasteiger partial charge on any atom is -0.494 e. The second-order valence-electron chi connectivity index (χ2n) is 6.67. The minimum absolute atomic E-state index is 0.559. The second kappa shape index (κ2) is 8.44. The Morgan fingerprint density at radius 2 is 2.00 bits per heavy atom. The molecule has 0 spiro atoms. The number of hydrogen-bond acceptors (Lipinski definition) is 5. The average Bonchev–Trinajstić information content (AvgIpc) is 3.16. The molecule has 3 aromatic heterocycles. The first-order chi connectivity index (χ1) is 14.3. The zero-order chi connectivity index (χ0) is 20.1. The van der Waals surface area contributed by atoms with E-state index in [0.717, 1.165) is 45.7 Å². The van der Waals surface area contributed by atoms with Crippen molar-refractivity contribution in [3.63, 3.8) is 0 Å². The van der Waals surface area contributed by atoms with Crippen molar-refractivity contribution in [1.29, 1.82) is 5.26 Å². The maximum absolute atomic E-state index is 9.10. The van der Waals surface area contributed by atoms with Gasteiger partial charge in [-0.2, -0.15) is 5.26 Å². The van der Waals surface area contributed by atoms with Crippen molar-refractivity contribution in [2.45, 2.75) is 19.9 Å². The van der Waals surface area contributed by atoms with Crippen LogP contribution in [0.25, 0.3) is 11.0 Å². The van der Waals surface area contributed by atoms with Crippen LogP contribution in [0.2, 0.25) is 0 Å². The largest absolute Gasteiger partial charge is 0.494 e. The quantitative estimate of drug-likeness (QED) is 0.493. The van der Waals surface area contributed by atoms with E-state index in [-0.39, 0.29) is 0 Å². The highest BCUT2D eigenvalue weighted by Crippen LogP contribution is 2.22. The van der Waals surface area contributed by atoms with Gasteiger partial charge in [0.2, 0.25) is 0 Å². The van der Waals surface area contributed by atoms with E-state index in [1.807, 2.05) is 55.7 Å². The van der Waals surface area contributed by atoms with Gasteiger partial charge < -0.3 is 15.0 Å². The van der Waals surface area contributed by atoms with Crippen molar-refractivity contribution in [3.8, 4) is 11.8 Å². The third-order valence-electron chi connectivity index (χ3n) is 4.70. The predicted molar refractivity (Wildman–Crippen MR) is 113 cm³/mol. The molecule has 3 heterocycles. The van der Waals surface area contributed by atoms with Gasteiger partial charge in [0.25, 0.3) is 0 Å². The molecule has 0 aliphatic carbocycles. The number of aromatic nitrogens is 3. The van der Waals surface area contributed by atoms with Crippen LogP contribution in [-0.2, 0) is 13.0 Å². The molecule has 0 atom stereocenters. The van der Waals surface area contributed by atoms with E-state index in [4.69, 9.17) is 10.00 Å². The van der Waals surface area contributed by atoms with Gasteiger partial charge in [-0.15, -0.1) is 0 Å². The van der Waals surface area contributed by atoms with Gasteiger partial charge in [-0.05, 0) is 36.2 Å². The summed E-state index contributed by atoms with van der Waals surface area (Å²) in [5, 5.41) is 13.4. The van der Waals surface area contributed by atoms with Crippen LogP contribution in [-0.4, -0.2) is 21.6 Å². The van der Waals surface area contributed by atoms with Crippen LogP contribution in [0.3, 0.4) is 0 Å². The van der Waals surface area contributed by atoms with Gasteiger partial charge in [0.05, 0.1) is 12.2 Å². The lowest BCUT2D eigenvalue weighted by atomic mass is 10.1. The van der Waals surface area contributed by atoms with E-state index in [9.17, 15) is 0 Å². The van der Waals surface area contributed by atoms with Crippen LogP contribution < -0.4 is 10.1 Å². The topological polar surface area (TPSA) is 86.6 Å². The van der Waals surface area contributed by atoms with Crippen LogP contribution in [0.1, 0.15) is 29.2 Å². The van der Waals surface area contributed by atoms with Crippen LogP contribution in [0, 0.1) is 11.3 Å². The Morgan fingerprint density at radius 3 is 2.79 bits per heavy atom. The number of nitrogens with one attached hydrogen (secondary N) is 2. The average molecular weight is 383 g/mol. The van der Waals surface area contributed by atoms with Crippen LogP contribution in [0.4, 0.5) is 5.82 Å². The zero-order valence-corrected chi connectivity index (χ0v) is 16.1. The van der Waals surface area contributed by atoms with Gasteiger partial charge in [0.1, 0.15) is 23.3 Å². The number of benzene rings is 1. The maximum atomic E-state index is 9.10. The number of H-pyrrole nitrogens is 1. The number of nitrogens with zero attached hydrogens (tertiary/aromatic N) is 3. The molecule has 0 saturated heterocycles. The summed E-state index contributed by atoms with van der Waals surface area (Å²) in [4.78, 5) is 12.0. The molecule has 4 aromatic rings. The summed E-state index contributed by atoms with van der Waals surface area (Å²) in [6, 6.07) is 16.1. The standard InChI is InChI=1S/C23H21N5O/c1-2-29-21-6-4-3-5-18(21)14-26-22-8-7-16(12-25-22)9-19-15-28-23-20(19)10-17(11-24)13-27-23/h3-8,10,12-13,15H,2,9,14H2,1H3,(H,25,26)(H,27,28). The Hall–Kier alpha value is -3.85. The van der Waals surface area contributed by atoms with Crippen molar-refractivity contribution in [2.24, 2.45) is 0 Å². The SMILES string of the molecule is CCOc1ccccc1CNc1ccc(Cc2c[nH]c3ncc(C#N)cc23)cn1. The van der Waals surface area contributed by atoms with Crippen LogP contribution in [0.5, 0.6) is 5.75 Å². The first-order valence-corrected chi connectivity index (χ1v) is 9.52. The summed E-state index contributed by atoms with van der Waals surface area (Å²) in [5.41, 5.74) is 4.63. The molecule has 4 rings (SSSR count). The minimum atomic E-state index is 0.559. The summed E-state index contributed by atoms with van der Waals surface area (Å²) in [6.45, 7) is 3.27. The molecule has 0 fully saturated rings. The van der Waals surface area contributed by atoms with Crippen molar-refractivity contribution < 1.29 is 4.74 Å². The van der Waals surface area contributed by atoms with Gasteiger partial charge in [-0.1, -0.05) is 24.3 Å². The Morgan fingerprint density at radius 1 is 1.10 bits per heavy atom. The number of hydrogen-bond donors (Lipinski definition) is 2. The fourth-order valence-electron chi connectivity index (χ4n) is 3.25. The van der Waals surface area contributed by atoms with Gasteiger partial charge in [0.15, 0.2) is 0 Å². The number of anilines is 1. The highest BCUT2D eigenvalue weighted by atomic mass is 16.5. The molecule has 0 bridgehead atoms. The molecule has 0 aliphatic rings. The summed E-state index contributed by atoms with van der Waals surface area (Å²) >= 11 is 0. The highest BCUT2D eigenvalue weighted by molar-refractivity contribution is 5.81. The van der Waals surface area contributed by atoms with E-state index in [1.54, 1.807) is 6.20 Å². The van der Waals surface area contributed by atoms with Gasteiger partial charge in [0, 0.05) is 42.5 Å². The van der Waals surface area contributed by atoms with Crippen molar-refractivity contribution in [2.75, 3.05) is 11.9 Å². The maximum Gasteiger partial charge on any atom is 0.137 e. The summed E-state index contributed by atoms with van der Waals surface area (Å²) in [7, 11) is 0. The summed E-state index contributed by atoms with van der Waals surface area (Å²) in [6.07, 6.45) is 6.11. The number of pyridine rings is 2. The van der Waals surface area contributed by atoms with Crippen molar-refractivity contribution >= 4 is 16.9 Å². The number of para-hydroxylation sites is 1. The normalized spacial score (nSPS) is 10.6. The zero-order valence-electron chi connectivity index (χ0n) is 16.1. The lowest BCUT2D eigenvalue weighted by molar-refractivity contribution is 0.337. The van der Waals surface area contributed by atoms with E-state index < -0.39 is 0 Å². The Bertz CT molecular complexity index is 1160. The molecule has 144 valence electrons. The molecular weight excluding hydrogens is 362 g/mol. The number of rotatable bonds is 7. The smallest absolute Gasteiger partial charge is 0.137 e. The molecule has 0 saturated carbocycles. The molecule has 0 amide bonds. The lowest BCUT2D eigenvalue weighted by Gasteiger charge is -2.11. The predicted octanol–water partition coefficient (Wildman–Crippen LogP) is 4.43. The molecular formula is C23H21N5O. The monoisotopic (exact) mass is 383 g/mol. The fourth-order valence-corrected chi connectivity index (χ4v) is 3.25. The van der Waals surface area contributed by atoms with Crippen LogP contribution >= 0.6 is 0 Å². The summed E-state index contributed by atoms with van der Waals surface area (Å²) in [5.74, 6) is 1.70. The van der Waals surface area contributed by atoms with Crippen LogP contribution in [0.15, 0.2) is 61.1 Å². The molecule has 0 aliphatic heterocycles. The first kappa shape index (κ1) is 18.5. The number of aromatic amines is 1. The van der Waals surface area contributed by atoms with Gasteiger partial charge in [-0.25, -0.2) is 9.97 Å². The summed E-state index contributed by atoms with van der Waals surface area (Å²) < 4.78 is 5.67. The molecule has 2 N–H and O–H groups in total. The first-order valence-electron chi connectivity index (χ1n) is 9.52. The molecule has 6 heteroatoms. The van der Waals surface area contributed by atoms with E-state index in [2.05, 4.69) is 32.4 Å². The van der Waals surface area contributed by atoms with Gasteiger partial charge >= 0.3 is 0 Å². The van der Waals surface area contributed by atoms with Crippen molar-refractivity contribution in [1.82, 2.24) is 15.0 Å². The van der Waals surface area contributed by atoms with E-state index in [0.29, 0.717) is 18.7 Å². The molecule has 0 radical (unpaired) electrons. The van der Waals surface area contributed by atoms with E-state index >= 15 is 0 Å². The van der Waals surface area contributed by atoms with E-state index in [1.165, 1.54) is 0 Å². The third kappa shape index (κ3) is 4.19. The highest BCUT2D eigenvalue weighted by Gasteiger charge is 2.08. The second-order valence-corrected chi connectivity index (χ2v) is 6.67. The Kier molecular flexibility index (Phi) is 5.39. The fraction of sp³-hybridized carbons (Fsp3) is 0.174. The Labute approximate surface area is 169 Å². The van der Waals surface area contributed by atoms with Gasteiger partial charge in [-0.3, -0.25) is 0 Å². The molecule has 1 aromatic carbocycles. The van der Waals surface area contributed by atoms with Crippen molar-refractivity contribution in [3.05, 3.63) is 83.3 Å². The number of fused-ring (bicyclic) bond motifs is 1. The molecule has 29 heavy (non-hydrogen) atoms.